The zero-order valence-corrected chi connectivity index (χ0v) is 13.8. The van der Waals surface area contributed by atoms with Crippen molar-refractivity contribution in [1.29, 1.82) is 0 Å². The Morgan fingerprint density at radius 2 is 1.91 bits per heavy atom. The van der Waals surface area contributed by atoms with Gasteiger partial charge in [-0.25, -0.2) is 0 Å². The Morgan fingerprint density at radius 3 is 2.59 bits per heavy atom. The van der Waals surface area contributed by atoms with Crippen LogP contribution in [0.5, 0.6) is 0 Å². The van der Waals surface area contributed by atoms with E-state index < -0.39 is 0 Å². The predicted molar refractivity (Wildman–Crippen MR) is 88.2 cm³/mol. The van der Waals surface area contributed by atoms with Crippen LogP contribution in [0.15, 0.2) is 28.7 Å². The summed E-state index contributed by atoms with van der Waals surface area (Å²) in [5.41, 5.74) is 1.71. The van der Waals surface area contributed by atoms with Crippen LogP contribution >= 0.6 is 0 Å². The number of fused-ring (bicyclic) bond motifs is 1. The number of ether oxygens (including phenoxy) is 1. The highest BCUT2D eigenvalue weighted by Gasteiger charge is 2.33. The number of hydrogen-bond donors (Lipinski definition) is 1. The Balaban J connectivity index is 1.66. The molecule has 1 aromatic carbocycles. The molecular formula is C17H25N3O2. The summed E-state index contributed by atoms with van der Waals surface area (Å²) in [6, 6.07) is 8.40. The number of hydrogen-bond acceptors (Lipinski definition) is 5. The Kier molecular flexibility index (Phi) is 4.10. The maximum atomic E-state index is 5.82. The second kappa shape index (κ2) is 5.89. The molecule has 2 heterocycles. The quantitative estimate of drug-likeness (QED) is 0.940. The SMILES string of the molecule is C[C@@H]1CN(C(C)(C)CNc2nc3ccccc3o2)C[C@H](C)O1. The summed E-state index contributed by atoms with van der Waals surface area (Å²) < 4.78 is 11.5. The average Bonchev–Trinajstić information content (AvgIpc) is 2.87. The summed E-state index contributed by atoms with van der Waals surface area (Å²) in [6.45, 7) is 11.4. The van der Waals surface area contributed by atoms with Gasteiger partial charge in [0.2, 0.25) is 0 Å². The van der Waals surface area contributed by atoms with Crippen molar-refractivity contribution in [2.75, 3.05) is 25.0 Å². The van der Waals surface area contributed by atoms with E-state index in [9.17, 15) is 0 Å². The topological polar surface area (TPSA) is 50.5 Å². The van der Waals surface area contributed by atoms with Crippen LogP contribution in [0.1, 0.15) is 27.7 Å². The van der Waals surface area contributed by atoms with Gasteiger partial charge in [-0.3, -0.25) is 4.90 Å². The van der Waals surface area contributed by atoms with Gasteiger partial charge in [-0.15, -0.1) is 0 Å². The second-order valence-electron chi connectivity index (χ2n) is 6.82. The average molecular weight is 303 g/mol. The van der Waals surface area contributed by atoms with E-state index in [2.05, 4.69) is 42.9 Å². The zero-order chi connectivity index (χ0) is 15.7. The van der Waals surface area contributed by atoms with Crippen molar-refractivity contribution >= 4 is 17.1 Å². The van der Waals surface area contributed by atoms with Gasteiger partial charge in [0.05, 0.1) is 12.2 Å². The largest absolute Gasteiger partial charge is 0.424 e. The first kappa shape index (κ1) is 15.3. The normalized spacial score (nSPS) is 23.8. The van der Waals surface area contributed by atoms with E-state index in [1.807, 2.05) is 24.3 Å². The second-order valence-corrected chi connectivity index (χ2v) is 6.82. The number of aromatic nitrogens is 1. The van der Waals surface area contributed by atoms with Gasteiger partial charge in [0.25, 0.3) is 6.01 Å². The van der Waals surface area contributed by atoms with Gasteiger partial charge in [-0.1, -0.05) is 12.1 Å². The van der Waals surface area contributed by atoms with Crippen LogP contribution in [-0.2, 0) is 4.74 Å². The van der Waals surface area contributed by atoms with Gasteiger partial charge in [-0.2, -0.15) is 4.98 Å². The fraction of sp³-hybridized carbons (Fsp3) is 0.588. The van der Waals surface area contributed by atoms with Crippen LogP contribution < -0.4 is 5.32 Å². The summed E-state index contributed by atoms with van der Waals surface area (Å²) in [5.74, 6) is 0. The molecule has 0 spiro atoms. The summed E-state index contributed by atoms with van der Waals surface area (Å²) in [4.78, 5) is 6.94. The Hall–Kier alpha value is -1.59. The molecule has 1 saturated heterocycles. The van der Waals surface area contributed by atoms with E-state index in [0.29, 0.717) is 6.01 Å². The van der Waals surface area contributed by atoms with Crippen LogP contribution in [0.25, 0.3) is 11.1 Å². The molecular weight excluding hydrogens is 278 g/mol. The highest BCUT2D eigenvalue weighted by atomic mass is 16.5. The lowest BCUT2D eigenvalue weighted by molar-refractivity contribution is -0.0933. The molecule has 120 valence electrons. The third kappa shape index (κ3) is 3.25. The molecule has 0 aliphatic carbocycles. The van der Waals surface area contributed by atoms with Crippen LogP contribution in [0.4, 0.5) is 6.01 Å². The lowest BCUT2D eigenvalue weighted by atomic mass is 10.0. The molecule has 5 nitrogen and oxygen atoms in total. The minimum Gasteiger partial charge on any atom is -0.424 e. The van der Waals surface area contributed by atoms with Crippen LogP contribution in [0.2, 0.25) is 0 Å². The number of morpholine rings is 1. The molecule has 2 atom stereocenters. The van der Waals surface area contributed by atoms with Gasteiger partial charge >= 0.3 is 0 Å². The highest BCUT2D eigenvalue weighted by Crippen LogP contribution is 2.23. The van der Waals surface area contributed by atoms with E-state index in [-0.39, 0.29) is 17.7 Å². The molecule has 0 amide bonds. The third-order valence-corrected chi connectivity index (χ3v) is 4.24. The zero-order valence-electron chi connectivity index (χ0n) is 13.8. The summed E-state index contributed by atoms with van der Waals surface area (Å²) in [6.07, 6.45) is 0.541. The van der Waals surface area contributed by atoms with Gasteiger partial charge < -0.3 is 14.5 Å². The van der Waals surface area contributed by atoms with Crippen molar-refractivity contribution in [3.05, 3.63) is 24.3 Å². The fourth-order valence-electron chi connectivity index (χ4n) is 3.02. The summed E-state index contributed by atoms with van der Waals surface area (Å²) in [5, 5.41) is 3.34. The van der Waals surface area contributed by atoms with Crippen molar-refractivity contribution < 1.29 is 9.15 Å². The maximum absolute atomic E-state index is 5.82. The van der Waals surface area contributed by atoms with E-state index in [1.54, 1.807) is 0 Å². The number of nitrogens with zero attached hydrogens (tertiary/aromatic N) is 2. The lowest BCUT2D eigenvalue weighted by Crippen LogP contribution is -2.57. The van der Waals surface area contributed by atoms with E-state index >= 15 is 0 Å². The van der Waals surface area contributed by atoms with Crippen molar-refractivity contribution in [3.63, 3.8) is 0 Å². The first-order chi connectivity index (χ1) is 10.4. The van der Waals surface area contributed by atoms with Crippen molar-refractivity contribution in [3.8, 4) is 0 Å². The molecule has 0 radical (unpaired) electrons. The molecule has 22 heavy (non-hydrogen) atoms. The van der Waals surface area contributed by atoms with Crippen LogP contribution in [0, 0.1) is 0 Å². The number of nitrogens with one attached hydrogen (secondary N) is 1. The molecule has 2 aromatic rings. The molecule has 1 aliphatic heterocycles. The van der Waals surface area contributed by atoms with Crippen molar-refractivity contribution in [1.82, 2.24) is 9.88 Å². The molecule has 1 N–H and O–H groups in total. The molecule has 3 rings (SSSR count). The summed E-state index contributed by atoms with van der Waals surface area (Å²) >= 11 is 0. The number of anilines is 1. The van der Waals surface area contributed by atoms with Gasteiger partial charge in [0.1, 0.15) is 5.52 Å². The lowest BCUT2D eigenvalue weighted by Gasteiger charge is -2.45. The molecule has 1 aliphatic rings. The Bertz CT molecular complexity index is 595. The third-order valence-electron chi connectivity index (χ3n) is 4.24. The van der Waals surface area contributed by atoms with E-state index in [0.717, 1.165) is 30.7 Å². The molecule has 5 heteroatoms. The number of rotatable bonds is 4. The Labute approximate surface area is 131 Å². The minimum atomic E-state index is 0.00690. The van der Waals surface area contributed by atoms with Gasteiger partial charge in [0, 0.05) is 25.2 Å². The standard InChI is InChI=1S/C17H25N3O2/c1-12-9-20(10-13(2)21-12)17(3,4)11-18-16-19-14-7-5-6-8-15(14)22-16/h5-8,12-13H,9-11H2,1-4H3,(H,18,19)/t12-,13+. The monoisotopic (exact) mass is 303 g/mol. The van der Waals surface area contributed by atoms with Crippen molar-refractivity contribution in [2.45, 2.75) is 45.4 Å². The first-order valence-electron chi connectivity index (χ1n) is 7.94. The highest BCUT2D eigenvalue weighted by molar-refractivity contribution is 5.74. The Morgan fingerprint density at radius 1 is 1.23 bits per heavy atom. The molecule has 0 unspecified atom stereocenters. The smallest absolute Gasteiger partial charge is 0.295 e. The minimum absolute atomic E-state index is 0.00690. The fourth-order valence-corrected chi connectivity index (χ4v) is 3.02. The van der Waals surface area contributed by atoms with E-state index in [4.69, 9.17) is 9.15 Å². The number of benzene rings is 1. The molecule has 1 aromatic heterocycles. The summed E-state index contributed by atoms with van der Waals surface area (Å²) in [7, 11) is 0. The van der Waals surface area contributed by atoms with Crippen molar-refractivity contribution in [2.24, 2.45) is 0 Å². The predicted octanol–water partition coefficient (Wildman–Crippen LogP) is 3.13. The first-order valence-corrected chi connectivity index (χ1v) is 7.94. The number of oxazole rings is 1. The molecule has 0 bridgehead atoms. The van der Waals surface area contributed by atoms with E-state index in [1.165, 1.54) is 0 Å². The van der Waals surface area contributed by atoms with Crippen LogP contribution in [0.3, 0.4) is 0 Å². The maximum Gasteiger partial charge on any atom is 0.295 e. The molecule has 1 fully saturated rings. The molecule has 0 saturated carbocycles. The van der Waals surface area contributed by atoms with Gasteiger partial charge in [-0.05, 0) is 39.8 Å². The van der Waals surface area contributed by atoms with Crippen LogP contribution in [-0.4, -0.2) is 47.3 Å². The number of para-hydroxylation sites is 2. The van der Waals surface area contributed by atoms with Gasteiger partial charge in [0.15, 0.2) is 5.58 Å².